The van der Waals surface area contributed by atoms with Crippen LogP contribution in [0.25, 0.3) is 0 Å². The molecule has 0 aromatic rings. The highest BCUT2D eigenvalue weighted by Crippen LogP contribution is 2.45. The van der Waals surface area contributed by atoms with E-state index in [2.05, 4.69) is 39.2 Å². The van der Waals surface area contributed by atoms with Crippen molar-refractivity contribution in [3.05, 3.63) is 0 Å². The van der Waals surface area contributed by atoms with Crippen LogP contribution >= 0.6 is 0 Å². The molecule has 0 spiro atoms. The number of rotatable bonds is 13. The van der Waals surface area contributed by atoms with Gasteiger partial charge in [0.15, 0.2) is 8.32 Å². The lowest BCUT2D eigenvalue weighted by Crippen LogP contribution is -2.48. The Morgan fingerprint density at radius 2 is 1.60 bits per heavy atom. The highest BCUT2D eigenvalue weighted by atomic mass is 28.4. The van der Waals surface area contributed by atoms with Crippen molar-refractivity contribution in [1.82, 2.24) is 5.32 Å². The van der Waals surface area contributed by atoms with Crippen LogP contribution in [-0.4, -0.2) is 49.5 Å². The lowest BCUT2D eigenvalue weighted by Gasteiger charge is -2.37. The van der Waals surface area contributed by atoms with Gasteiger partial charge in [0.25, 0.3) is 0 Å². The van der Waals surface area contributed by atoms with Gasteiger partial charge in [-0.25, -0.2) is 0 Å². The molecule has 1 aliphatic rings. The Bertz CT molecular complexity index is 716. The summed E-state index contributed by atoms with van der Waals surface area (Å²) in [5.41, 5.74) is -1.24. The van der Waals surface area contributed by atoms with Crippen molar-refractivity contribution in [2.75, 3.05) is 6.61 Å². The van der Waals surface area contributed by atoms with Gasteiger partial charge in [-0.1, -0.05) is 47.0 Å². The topological polar surface area (TPSA) is 102 Å². The Morgan fingerprint density at radius 3 is 2.06 bits per heavy atom. The van der Waals surface area contributed by atoms with Gasteiger partial charge in [0.1, 0.15) is 5.60 Å². The summed E-state index contributed by atoms with van der Waals surface area (Å²) in [4.78, 5) is 38.1. The summed E-state index contributed by atoms with van der Waals surface area (Å²) in [6.07, 6.45) is 5.53. The monoisotopic (exact) mass is 513 g/mol. The predicted octanol–water partition coefficient (Wildman–Crippen LogP) is 6.07. The summed E-state index contributed by atoms with van der Waals surface area (Å²) >= 11 is 0. The molecule has 1 rings (SSSR count). The molecular formula is C27H51NO6Si. The van der Waals surface area contributed by atoms with Gasteiger partial charge < -0.3 is 19.6 Å². The summed E-state index contributed by atoms with van der Waals surface area (Å²) in [5, 5.41) is 12.6. The van der Waals surface area contributed by atoms with E-state index >= 15 is 0 Å². The van der Waals surface area contributed by atoms with E-state index in [0.717, 1.165) is 19.3 Å². The minimum atomic E-state index is -1.97. The second kappa shape index (κ2) is 12.7. The molecule has 0 heterocycles. The number of ether oxygens (including phenoxy) is 1. The van der Waals surface area contributed by atoms with Crippen molar-refractivity contribution in [2.45, 2.75) is 136 Å². The number of carboxylic acid groups (broad SMARTS) is 1. The zero-order chi connectivity index (χ0) is 27.1. The Morgan fingerprint density at radius 1 is 1.03 bits per heavy atom. The van der Waals surface area contributed by atoms with Crippen LogP contribution in [0.3, 0.4) is 0 Å². The van der Waals surface area contributed by atoms with Gasteiger partial charge in [-0.15, -0.1) is 0 Å². The van der Waals surface area contributed by atoms with E-state index in [1.165, 1.54) is 0 Å². The van der Waals surface area contributed by atoms with E-state index in [-0.39, 0.29) is 29.3 Å². The highest BCUT2D eigenvalue weighted by molar-refractivity contribution is 6.74. The molecule has 0 aromatic carbocycles. The number of hydrogen-bond acceptors (Lipinski definition) is 5. The second-order valence-electron chi connectivity index (χ2n) is 12.9. The van der Waals surface area contributed by atoms with E-state index in [0.29, 0.717) is 38.7 Å². The number of aliphatic carboxylic acids is 1. The highest BCUT2D eigenvalue weighted by Gasteiger charge is 2.45. The molecule has 1 amide bonds. The molecule has 0 bridgehead atoms. The molecule has 8 heteroatoms. The van der Waals surface area contributed by atoms with Crippen molar-refractivity contribution in [3.63, 3.8) is 0 Å². The molecule has 1 aliphatic carbocycles. The van der Waals surface area contributed by atoms with Gasteiger partial charge in [-0.3, -0.25) is 14.4 Å². The second-order valence-corrected chi connectivity index (χ2v) is 17.7. The Kier molecular flexibility index (Phi) is 11.5. The van der Waals surface area contributed by atoms with Crippen molar-refractivity contribution in [1.29, 1.82) is 0 Å². The van der Waals surface area contributed by atoms with Crippen LogP contribution in [-0.2, 0) is 23.5 Å². The first-order valence-electron chi connectivity index (χ1n) is 13.3. The average molecular weight is 514 g/mol. The van der Waals surface area contributed by atoms with Crippen LogP contribution in [0.5, 0.6) is 0 Å². The molecule has 0 aliphatic heterocycles. The van der Waals surface area contributed by atoms with Crippen LogP contribution in [0.2, 0.25) is 18.1 Å². The molecule has 2 atom stereocenters. The van der Waals surface area contributed by atoms with E-state index < -0.39 is 31.3 Å². The molecule has 0 radical (unpaired) electrons. The van der Waals surface area contributed by atoms with Gasteiger partial charge >= 0.3 is 11.9 Å². The number of amides is 1. The van der Waals surface area contributed by atoms with E-state index in [4.69, 9.17) is 9.16 Å². The van der Waals surface area contributed by atoms with E-state index in [1.54, 1.807) is 0 Å². The molecular weight excluding hydrogens is 462 g/mol. The quantitative estimate of drug-likeness (QED) is 0.229. The third-order valence-corrected chi connectivity index (χ3v) is 12.1. The molecule has 7 nitrogen and oxygen atoms in total. The van der Waals surface area contributed by atoms with E-state index in [9.17, 15) is 19.5 Å². The maximum Gasteiger partial charge on any atom is 0.309 e. The zero-order valence-electron chi connectivity index (χ0n) is 23.7. The van der Waals surface area contributed by atoms with Crippen LogP contribution in [0.4, 0.5) is 0 Å². The van der Waals surface area contributed by atoms with Crippen LogP contribution in [0.1, 0.15) is 106 Å². The largest absolute Gasteiger partial charge is 0.481 e. The molecule has 2 N–H and O–H groups in total. The summed E-state index contributed by atoms with van der Waals surface area (Å²) in [6.45, 7) is 18.8. The normalized spacial score (nSPS) is 18.1. The first kappa shape index (κ1) is 31.6. The van der Waals surface area contributed by atoms with Gasteiger partial charge in [-0.05, 0) is 71.0 Å². The van der Waals surface area contributed by atoms with Gasteiger partial charge in [0.05, 0.1) is 17.8 Å². The maximum absolute atomic E-state index is 13.6. The van der Waals surface area contributed by atoms with Crippen LogP contribution in [0.15, 0.2) is 0 Å². The predicted molar refractivity (Wildman–Crippen MR) is 142 cm³/mol. The lowest BCUT2D eigenvalue weighted by molar-refractivity contribution is -0.162. The van der Waals surface area contributed by atoms with Gasteiger partial charge in [-0.2, -0.15) is 0 Å². The maximum atomic E-state index is 13.6. The van der Waals surface area contributed by atoms with Crippen molar-refractivity contribution in [2.24, 2.45) is 11.3 Å². The summed E-state index contributed by atoms with van der Waals surface area (Å²) < 4.78 is 11.9. The fraction of sp³-hybridized carbons (Fsp3) is 0.889. The fourth-order valence-corrected chi connectivity index (χ4v) is 5.59. The minimum absolute atomic E-state index is 0.0579. The SMILES string of the molecule is CCC[C@H](CC1(C(=O)N[C@H](CCO[Si](C)(C)C(C)(C)C)CC(=O)O)CCCC1)C(=O)OC(C)(C)C. The molecule has 204 valence electrons. The number of carbonyl (C=O) groups excluding carboxylic acids is 2. The van der Waals surface area contributed by atoms with Crippen molar-refractivity contribution < 1.29 is 28.7 Å². The summed E-state index contributed by atoms with van der Waals surface area (Å²) in [5.74, 6) is -1.66. The molecule has 35 heavy (non-hydrogen) atoms. The van der Waals surface area contributed by atoms with Crippen molar-refractivity contribution >= 4 is 26.2 Å². The number of nitrogens with one attached hydrogen (secondary N) is 1. The summed E-state index contributed by atoms with van der Waals surface area (Å²) in [7, 11) is -1.97. The van der Waals surface area contributed by atoms with Gasteiger partial charge in [0, 0.05) is 12.6 Å². The Balaban J connectivity index is 2.98. The number of carbonyl (C=O) groups is 3. The number of carboxylic acids is 1. The first-order valence-corrected chi connectivity index (χ1v) is 16.2. The van der Waals surface area contributed by atoms with E-state index in [1.807, 2.05) is 27.7 Å². The fourth-order valence-electron chi connectivity index (χ4n) is 4.53. The third-order valence-electron chi connectivity index (χ3n) is 7.55. The van der Waals surface area contributed by atoms with Crippen LogP contribution in [0, 0.1) is 11.3 Å². The Labute approximate surface area is 214 Å². The molecule has 0 aromatic heterocycles. The lowest BCUT2D eigenvalue weighted by atomic mass is 9.75. The zero-order valence-corrected chi connectivity index (χ0v) is 24.7. The third kappa shape index (κ3) is 10.2. The number of hydrogen-bond donors (Lipinski definition) is 2. The molecule has 0 saturated heterocycles. The number of esters is 1. The van der Waals surface area contributed by atoms with Gasteiger partial charge in [0.2, 0.25) is 5.91 Å². The minimum Gasteiger partial charge on any atom is -0.481 e. The standard InChI is InChI=1S/C27H51NO6Si/c1-10-13-20(23(31)34-25(2,3)4)19-27(15-11-12-16-27)24(32)28-21(18-22(29)30)14-17-33-35(8,9)26(5,6)7/h20-21H,10-19H2,1-9H3,(H,28,32)(H,29,30)/t20-,21-/m1/s1. The first-order chi connectivity index (χ1) is 15.9. The molecule has 1 fully saturated rings. The molecule has 0 unspecified atom stereocenters. The summed E-state index contributed by atoms with van der Waals surface area (Å²) in [6, 6.07) is -0.506. The molecule has 1 saturated carbocycles. The average Bonchev–Trinajstić information content (AvgIpc) is 3.14. The van der Waals surface area contributed by atoms with Crippen molar-refractivity contribution in [3.8, 4) is 0 Å². The Hall–Kier alpha value is -1.41. The smallest absolute Gasteiger partial charge is 0.309 e. The van der Waals surface area contributed by atoms with Crippen LogP contribution < -0.4 is 5.32 Å².